The number of amides is 1. The van der Waals surface area contributed by atoms with Crippen LogP contribution in [0.4, 0.5) is 17.5 Å². The maximum absolute atomic E-state index is 13.6. The number of nitrogens with zero attached hydrogens (tertiary/aromatic N) is 4. The molecule has 1 aliphatic heterocycles. The fourth-order valence-electron chi connectivity index (χ4n) is 4.95. The molecule has 1 aliphatic rings. The van der Waals surface area contributed by atoms with Gasteiger partial charge in [0.05, 0.1) is 12.1 Å². The van der Waals surface area contributed by atoms with Crippen molar-refractivity contribution < 1.29 is 4.79 Å². The van der Waals surface area contributed by atoms with E-state index >= 15 is 0 Å². The van der Waals surface area contributed by atoms with Crippen molar-refractivity contribution in [3.8, 4) is 0 Å². The first-order valence-electron chi connectivity index (χ1n) is 13.3. The van der Waals surface area contributed by atoms with Crippen LogP contribution < -0.4 is 20.4 Å². The number of piperidine rings is 1. The maximum Gasteiger partial charge on any atom is 0.230 e. The van der Waals surface area contributed by atoms with E-state index in [4.69, 9.17) is 9.97 Å². The van der Waals surface area contributed by atoms with Crippen molar-refractivity contribution in [1.29, 1.82) is 0 Å². The molecular formula is C31H36N6O. The number of benzene rings is 3. The molecule has 1 amide bonds. The normalized spacial score (nSPS) is 13.9. The topological polar surface area (TPSA) is 73.4 Å². The monoisotopic (exact) mass is 508 g/mol. The number of nitrogens with one attached hydrogen (secondary N) is 2. The smallest absolute Gasteiger partial charge is 0.230 e. The van der Waals surface area contributed by atoms with Crippen LogP contribution in [0.5, 0.6) is 0 Å². The minimum Gasteiger partial charge on any atom is -0.365 e. The number of rotatable bonds is 8. The minimum absolute atomic E-state index is 0.0571. The summed E-state index contributed by atoms with van der Waals surface area (Å²) in [4.78, 5) is 27.0. The van der Waals surface area contributed by atoms with Gasteiger partial charge in [-0.3, -0.25) is 4.79 Å². The summed E-state index contributed by atoms with van der Waals surface area (Å²) in [5, 5.41) is 7.90. The molecule has 0 spiro atoms. The molecule has 196 valence electrons. The zero-order chi connectivity index (χ0) is 26.5. The molecule has 0 unspecified atom stereocenters. The lowest BCUT2D eigenvalue weighted by Gasteiger charge is -2.30. The van der Waals surface area contributed by atoms with Gasteiger partial charge in [0, 0.05) is 37.6 Å². The van der Waals surface area contributed by atoms with Crippen LogP contribution in [-0.4, -0.2) is 43.1 Å². The molecule has 1 saturated heterocycles. The Morgan fingerprint density at radius 2 is 1.66 bits per heavy atom. The molecule has 2 heterocycles. The Hall–Kier alpha value is -3.97. The van der Waals surface area contributed by atoms with Gasteiger partial charge >= 0.3 is 0 Å². The molecule has 1 aromatic heterocycles. The highest BCUT2D eigenvalue weighted by Crippen LogP contribution is 2.27. The van der Waals surface area contributed by atoms with Crippen LogP contribution in [0.25, 0.3) is 10.9 Å². The Morgan fingerprint density at radius 1 is 0.921 bits per heavy atom. The number of carbonyl (C=O) groups excluding carboxylic acids is 1. The summed E-state index contributed by atoms with van der Waals surface area (Å²) in [6, 6.07) is 24.7. The molecule has 2 N–H and O–H groups in total. The van der Waals surface area contributed by atoms with Gasteiger partial charge in [-0.15, -0.1) is 0 Å². The molecular weight excluding hydrogens is 472 g/mol. The second-order valence-corrected chi connectivity index (χ2v) is 10.2. The Morgan fingerprint density at radius 3 is 2.37 bits per heavy atom. The third-order valence-corrected chi connectivity index (χ3v) is 7.16. The van der Waals surface area contributed by atoms with Gasteiger partial charge in [0.2, 0.25) is 11.9 Å². The summed E-state index contributed by atoms with van der Waals surface area (Å²) >= 11 is 0. The summed E-state index contributed by atoms with van der Waals surface area (Å²) in [6.07, 6.45) is 1.76. The van der Waals surface area contributed by atoms with Crippen molar-refractivity contribution in [1.82, 2.24) is 15.3 Å². The lowest BCUT2D eigenvalue weighted by molar-refractivity contribution is -0.123. The lowest BCUT2D eigenvalue weighted by atomic mass is 9.96. The summed E-state index contributed by atoms with van der Waals surface area (Å²) in [5.74, 6) is 1.76. The minimum atomic E-state index is 0.0571. The first-order valence-corrected chi connectivity index (χ1v) is 13.3. The van der Waals surface area contributed by atoms with Crippen molar-refractivity contribution in [3.05, 3.63) is 89.5 Å². The molecule has 4 aromatic rings. The SMILES string of the molecule is Cc1cccc2c(NCc3ccc(N(Cc4ccccc4)C(=O)C4CCNCC4)cc3)nc(N(C)C)nc12. The Labute approximate surface area is 224 Å². The Balaban J connectivity index is 1.36. The summed E-state index contributed by atoms with van der Waals surface area (Å²) in [7, 11) is 3.91. The second-order valence-electron chi connectivity index (χ2n) is 10.2. The highest BCUT2D eigenvalue weighted by atomic mass is 16.2. The van der Waals surface area contributed by atoms with E-state index in [1.54, 1.807) is 0 Å². The van der Waals surface area contributed by atoms with E-state index in [2.05, 4.69) is 66.1 Å². The molecule has 7 nitrogen and oxygen atoms in total. The van der Waals surface area contributed by atoms with Gasteiger partial charge < -0.3 is 20.4 Å². The average Bonchev–Trinajstić information content (AvgIpc) is 2.96. The van der Waals surface area contributed by atoms with E-state index in [1.807, 2.05) is 48.2 Å². The van der Waals surface area contributed by atoms with Crippen LogP contribution in [0.15, 0.2) is 72.8 Å². The van der Waals surface area contributed by atoms with E-state index < -0.39 is 0 Å². The van der Waals surface area contributed by atoms with Gasteiger partial charge in [-0.05, 0) is 67.7 Å². The number of carbonyl (C=O) groups is 1. The molecule has 3 aromatic carbocycles. The standard InChI is InChI=1S/C31H36N6O/c1-22-8-7-11-27-28(22)34-31(36(2)3)35-29(27)33-20-23-12-14-26(15-13-23)37(21-24-9-5-4-6-10-24)30(38)25-16-18-32-19-17-25/h4-15,25,32H,16-21H2,1-3H3,(H,33,34,35). The van der Waals surface area contributed by atoms with E-state index in [-0.39, 0.29) is 11.8 Å². The van der Waals surface area contributed by atoms with Crippen molar-refractivity contribution in [2.45, 2.75) is 32.9 Å². The van der Waals surface area contributed by atoms with E-state index in [0.29, 0.717) is 19.0 Å². The molecule has 0 aliphatic carbocycles. The average molecular weight is 509 g/mol. The quantitative estimate of drug-likeness (QED) is 0.343. The van der Waals surface area contributed by atoms with Crippen molar-refractivity contribution >= 4 is 34.3 Å². The largest absolute Gasteiger partial charge is 0.365 e. The zero-order valence-electron chi connectivity index (χ0n) is 22.4. The zero-order valence-corrected chi connectivity index (χ0v) is 22.4. The second kappa shape index (κ2) is 11.6. The van der Waals surface area contributed by atoms with Crippen molar-refractivity contribution in [3.63, 3.8) is 0 Å². The molecule has 0 bridgehead atoms. The van der Waals surface area contributed by atoms with Gasteiger partial charge in [0.15, 0.2) is 0 Å². The first-order chi connectivity index (χ1) is 18.5. The predicted octanol–water partition coefficient (Wildman–Crippen LogP) is 5.15. The van der Waals surface area contributed by atoms with Crippen LogP contribution in [0.1, 0.15) is 29.5 Å². The van der Waals surface area contributed by atoms with Crippen LogP contribution in [-0.2, 0) is 17.9 Å². The van der Waals surface area contributed by atoms with E-state index in [9.17, 15) is 4.79 Å². The van der Waals surface area contributed by atoms with Gasteiger partial charge in [0.25, 0.3) is 0 Å². The lowest BCUT2D eigenvalue weighted by Crippen LogP contribution is -2.40. The van der Waals surface area contributed by atoms with Crippen LogP contribution in [0, 0.1) is 12.8 Å². The predicted molar refractivity (Wildman–Crippen MR) is 156 cm³/mol. The number of aromatic nitrogens is 2. The first kappa shape index (κ1) is 25.7. The molecule has 1 fully saturated rings. The number of para-hydroxylation sites is 1. The van der Waals surface area contributed by atoms with Crippen LogP contribution in [0.3, 0.4) is 0 Å². The van der Waals surface area contributed by atoms with E-state index in [1.165, 1.54) is 0 Å². The Kier molecular flexibility index (Phi) is 7.84. The summed E-state index contributed by atoms with van der Waals surface area (Å²) in [6.45, 7) is 5.05. The summed E-state index contributed by atoms with van der Waals surface area (Å²) in [5.41, 5.74) is 5.25. The van der Waals surface area contributed by atoms with Gasteiger partial charge in [-0.25, -0.2) is 4.98 Å². The van der Waals surface area contributed by atoms with Gasteiger partial charge in [-0.2, -0.15) is 4.98 Å². The molecule has 0 saturated carbocycles. The molecule has 5 rings (SSSR count). The third kappa shape index (κ3) is 5.78. The third-order valence-electron chi connectivity index (χ3n) is 7.16. The highest BCUT2D eigenvalue weighted by molar-refractivity contribution is 5.95. The van der Waals surface area contributed by atoms with Crippen LogP contribution in [0.2, 0.25) is 0 Å². The highest BCUT2D eigenvalue weighted by Gasteiger charge is 2.27. The van der Waals surface area contributed by atoms with E-state index in [0.717, 1.165) is 65.0 Å². The maximum atomic E-state index is 13.6. The number of hydrogen-bond acceptors (Lipinski definition) is 6. The molecule has 7 heteroatoms. The molecule has 38 heavy (non-hydrogen) atoms. The fourth-order valence-corrected chi connectivity index (χ4v) is 4.95. The van der Waals surface area contributed by atoms with Gasteiger partial charge in [-0.1, -0.05) is 54.6 Å². The number of fused-ring (bicyclic) bond motifs is 1. The molecule has 0 atom stereocenters. The van der Waals surface area contributed by atoms with Crippen molar-refractivity contribution in [2.24, 2.45) is 5.92 Å². The number of hydrogen-bond donors (Lipinski definition) is 2. The van der Waals surface area contributed by atoms with Gasteiger partial charge in [0.1, 0.15) is 5.82 Å². The van der Waals surface area contributed by atoms with Crippen molar-refractivity contribution in [2.75, 3.05) is 42.3 Å². The summed E-state index contributed by atoms with van der Waals surface area (Å²) < 4.78 is 0. The number of aryl methyl sites for hydroxylation is 1. The molecule has 0 radical (unpaired) electrons. The van der Waals surface area contributed by atoms with Crippen LogP contribution >= 0.6 is 0 Å². The Bertz CT molecular complexity index is 1380. The number of anilines is 3. The fraction of sp³-hybridized carbons (Fsp3) is 0.323.